The van der Waals surface area contributed by atoms with Crippen LogP contribution in [0.5, 0.6) is 0 Å². The first kappa shape index (κ1) is 42.6. The van der Waals surface area contributed by atoms with E-state index >= 15 is 0 Å². The van der Waals surface area contributed by atoms with Crippen molar-refractivity contribution >= 4 is 0 Å². The highest BCUT2D eigenvalue weighted by Crippen LogP contribution is 2.33. The van der Waals surface area contributed by atoms with Gasteiger partial charge in [0.25, 0.3) is 0 Å². The Labute approximate surface area is 359 Å². The molecule has 8 rings (SSSR count). The number of hydrogen-bond acceptors (Lipinski definition) is 9. The van der Waals surface area contributed by atoms with Crippen LogP contribution in [0.15, 0.2) is 182 Å². The summed E-state index contributed by atoms with van der Waals surface area (Å²) in [5.74, 6) is 0. The van der Waals surface area contributed by atoms with E-state index in [1.165, 1.54) is 0 Å². The van der Waals surface area contributed by atoms with E-state index in [9.17, 15) is 0 Å². The van der Waals surface area contributed by atoms with E-state index in [1.807, 2.05) is 182 Å². The van der Waals surface area contributed by atoms with E-state index in [4.69, 9.17) is 42.6 Å². The second-order valence-corrected chi connectivity index (χ2v) is 15.3. The molecule has 2 heterocycles. The summed E-state index contributed by atoms with van der Waals surface area (Å²) in [6.07, 6.45) is -5.41. The minimum absolute atomic E-state index is 0.196. The minimum Gasteiger partial charge on any atom is -0.368 e. The van der Waals surface area contributed by atoms with Crippen LogP contribution in [0.3, 0.4) is 0 Å². The Morgan fingerprint density at radius 2 is 0.525 bits per heavy atom. The van der Waals surface area contributed by atoms with E-state index in [0.717, 1.165) is 33.4 Å². The van der Waals surface area contributed by atoms with Crippen molar-refractivity contribution in [3.8, 4) is 0 Å². The summed E-state index contributed by atoms with van der Waals surface area (Å²) in [6, 6.07) is 60.4. The molecule has 0 bridgehead atoms. The van der Waals surface area contributed by atoms with Crippen molar-refractivity contribution in [1.29, 1.82) is 0 Å². The molecule has 0 unspecified atom stereocenters. The fourth-order valence-corrected chi connectivity index (χ4v) is 7.52. The number of hydrogen-bond donors (Lipinski definition) is 0. The molecule has 61 heavy (non-hydrogen) atoms. The molecule has 8 atom stereocenters. The molecule has 316 valence electrons. The summed E-state index contributed by atoms with van der Waals surface area (Å²) in [5.41, 5.74) is 6.15. The average Bonchev–Trinajstić information content (AvgIpc) is 3.33. The second kappa shape index (κ2) is 22.7. The Bertz CT molecular complexity index is 1940. The van der Waals surface area contributed by atoms with Crippen molar-refractivity contribution in [2.75, 3.05) is 13.2 Å². The van der Waals surface area contributed by atoms with Crippen LogP contribution in [0.2, 0.25) is 0 Å². The monoisotopic (exact) mass is 822 g/mol. The molecule has 0 saturated carbocycles. The van der Waals surface area contributed by atoms with E-state index in [1.54, 1.807) is 0 Å². The van der Waals surface area contributed by atoms with E-state index in [2.05, 4.69) is 0 Å². The van der Waals surface area contributed by atoms with Gasteiger partial charge >= 0.3 is 0 Å². The van der Waals surface area contributed by atoms with Crippen LogP contribution in [0.25, 0.3) is 0 Å². The van der Waals surface area contributed by atoms with E-state index in [-0.39, 0.29) is 13.2 Å². The molecule has 0 amide bonds. The lowest BCUT2D eigenvalue weighted by atomic mass is 10.0. The van der Waals surface area contributed by atoms with Gasteiger partial charge in [-0.25, -0.2) is 0 Å². The maximum absolute atomic E-state index is 6.96. The third-order valence-corrected chi connectivity index (χ3v) is 10.8. The normalized spacial score (nSPS) is 24.0. The SMILES string of the molecule is c1ccc(CO[C@@H]2[C@@H](OCc3ccccc3)[C@@H](O[C@H]3OC[C@@H](OCc4ccccc4)[C@H](OCc4ccccc4)[C@H]3OCc3ccccc3)OC[C@H]2OCc2ccccc2)cc1. The van der Waals surface area contributed by atoms with Crippen LogP contribution in [0.1, 0.15) is 33.4 Å². The van der Waals surface area contributed by atoms with Crippen molar-refractivity contribution in [3.63, 3.8) is 0 Å². The van der Waals surface area contributed by atoms with Crippen molar-refractivity contribution in [2.45, 2.75) is 88.8 Å². The second-order valence-electron chi connectivity index (χ2n) is 15.3. The lowest BCUT2D eigenvalue weighted by Gasteiger charge is -2.46. The van der Waals surface area contributed by atoms with Crippen LogP contribution >= 0.6 is 0 Å². The minimum atomic E-state index is -0.926. The number of rotatable bonds is 20. The van der Waals surface area contributed by atoms with Gasteiger partial charge < -0.3 is 42.6 Å². The molecule has 9 nitrogen and oxygen atoms in total. The summed E-state index contributed by atoms with van der Waals surface area (Å²) >= 11 is 0. The zero-order valence-electron chi connectivity index (χ0n) is 34.3. The molecule has 2 aliphatic heterocycles. The lowest BCUT2D eigenvalue weighted by molar-refractivity contribution is -0.370. The Balaban J connectivity index is 1.08. The van der Waals surface area contributed by atoms with Crippen molar-refractivity contribution < 1.29 is 42.6 Å². The first-order valence-electron chi connectivity index (χ1n) is 21.1. The molecule has 2 aliphatic rings. The summed E-state index contributed by atoms with van der Waals surface area (Å²) in [4.78, 5) is 0. The maximum Gasteiger partial charge on any atom is 0.189 e. The smallest absolute Gasteiger partial charge is 0.189 e. The van der Waals surface area contributed by atoms with E-state index in [0.29, 0.717) is 39.6 Å². The molecule has 6 aromatic carbocycles. The van der Waals surface area contributed by atoms with Crippen LogP contribution in [0.4, 0.5) is 0 Å². The Kier molecular flexibility index (Phi) is 15.9. The maximum atomic E-state index is 6.96. The Morgan fingerprint density at radius 1 is 0.295 bits per heavy atom. The summed E-state index contributed by atoms with van der Waals surface area (Å²) in [6.45, 7) is 2.42. The molecule has 6 aromatic rings. The van der Waals surface area contributed by atoms with Crippen molar-refractivity contribution in [1.82, 2.24) is 0 Å². The van der Waals surface area contributed by atoms with Crippen LogP contribution < -0.4 is 0 Å². The first-order valence-corrected chi connectivity index (χ1v) is 21.1. The number of ether oxygens (including phenoxy) is 9. The predicted molar refractivity (Wildman–Crippen MR) is 231 cm³/mol. The van der Waals surface area contributed by atoms with E-state index < -0.39 is 49.2 Å². The van der Waals surface area contributed by atoms with Gasteiger partial charge in [-0.1, -0.05) is 182 Å². The zero-order chi connectivity index (χ0) is 41.3. The molecule has 0 spiro atoms. The molecule has 0 radical (unpaired) electrons. The summed E-state index contributed by atoms with van der Waals surface area (Å²) in [7, 11) is 0. The zero-order valence-corrected chi connectivity index (χ0v) is 34.3. The molecule has 0 aliphatic carbocycles. The van der Waals surface area contributed by atoms with Crippen LogP contribution in [-0.4, -0.2) is 62.4 Å². The van der Waals surface area contributed by atoms with Gasteiger partial charge in [-0.05, 0) is 33.4 Å². The third-order valence-electron chi connectivity index (χ3n) is 10.8. The Morgan fingerprint density at radius 3 is 0.787 bits per heavy atom. The standard InChI is InChI=1S/C52H54O9/c1-7-19-39(20-8-1)31-53-45-37-59-51(49(57-35-43-27-15-5-16-28-43)47(45)55-33-41-23-11-3-12-24-41)61-52-50(58-36-44-29-17-6-18-30-44)48(56-34-42-25-13-4-14-26-42)46(38-60-52)54-32-40-21-9-2-10-22-40/h1-30,45-52H,31-38H2/t45-,46-,47+,48+,49-,50-,51-,52-/m1/s1. The van der Waals surface area contributed by atoms with Crippen molar-refractivity contribution in [3.05, 3.63) is 215 Å². The summed E-state index contributed by atoms with van der Waals surface area (Å²) in [5, 5.41) is 0. The lowest BCUT2D eigenvalue weighted by Crippen LogP contribution is -2.61. The average molecular weight is 823 g/mol. The highest BCUT2D eigenvalue weighted by molar-refractivity contribution is 5.18. The number of benzene rings is 6. The highest BCUT2D eigenvalue weighted by Gasteiger charge is 2.49. The van der Waals surface area contributed by atoms with Gasteiger partial charge in [0.05, 0.1) is 52.9 Å². The predicted octanol–water partition coefficient (Wildman–Crippen LogP) is 9.23. The third kappa shape index (κ3) is 12.5. The quantitative estimate of drug-likeness (QED) is 0.0749. The van der Waals surface area contributed by atoms with Gasteiger partial charge in [0.2, 0.25) is 0 Å². The molecule has 9 heteroatoms. The molecular formula is C52H54O9. The fraction of sp³-hybridized carbons (Fsp3) is 0.308. The van der Waals surface area contributed by atoms with Crippen LogP contribution in [-0.2, 0) is 82.3 Å². The molecule has 0 N–H and O–H groups in total. The topological polar surface area (TPSA) is 83.1 Å². The van der Waals surface area contributed by atoms with Gasteiger partial charge in [0, 0.05) is 0 Å². The summed E-state index contributed by atoms with van der Waals surface area (Å²) < 4.78 is 60.6. The molecule has 2 saturated heterocycles. The molecule has 2 fully saturated rings. The van der Waals surface area contributed by atoms with Gasteiger partial charge in [-0.15, -0.1) is 0 Å². The molecular weight excluding hydrogens is 769 g/mol. The van der Waals surface area contributed by atoms with Gasteiger partial charge in [0.1, 0.15) is 36.6 Å². The fourth-order valence-electron chi connectivity index (χ4n) is 7.52. The largest absolute Gasteiger partial charge is 0.368 e. The van der Waals surface area contributed by atoms with Crippen molar-refractivity contribution in [2.24, 2.45) is 0 Å². The highest BCUT2D eigenvalue weighted by atomic mass is 16.8. The first-order chi connectivity index (χ1) is 30.2. The van der Waals surface area contributed by atoms with Gasteiger partial charge in [0.15, 0.2) is 12.6 Å². The van der Waals surface area contributed by atoms with Gasteiger partial charge in [-0.2, -0.15) is 0 Å². The molecule has 0 aromatic heterocycles. The van der Waals surface area contributed by atoms with Gasteiger partial charge in [-0.3, -0.25) is 0 Å². The Hall–Kier alpha value is -5.04. The van der Waals surface area contributed by atoms with Crippen LogP contribution in [0, 0.1) is 0 Å².